The lowest BCUT2D eigenvalue weighted by Crippen LogP contribution is -1.44. The van der Waals surface area contributed by atoms with Crippen LogP contribution in [0.4, 0.5) is 0 Å². The van der Waals surface area contributed by atoms with Gasteiger partial charge in [-0.05, 0) is 12.2 Å². The number of rotatable bonds is 1. The first-order chi connectivity index (χ1) is 3.88. The van der Waals surface area contributed by atoms with Gasteiger partial charge in [0.15, 0.2) is 0 Å². The Kier molecular flexibility index (Phi) is 1.26. The van der Waals surface area contributed by atoms with Crippen molar-refractivity contribution in [1.29, 1.82) is 0 Å². The Morgan fingerprint density at radius 2 is 2.50 bits per heavy atom. The fourth-order valence-corrected chi connectivity index (χ4v) is 0.530. The number of terminal acetylenes is 1. The maximum absolute atomic E-state index is 5.02. The Bertz CT molecular complexity index is 225. The minimum atomic E-state index is 0.833. The van der Waals surface area contributed by atoms with E-state index >= 15 is 0 Å². The molecule has 0 aromatic rings. The summed E-state index contributed by atoms with van der Waals surface area (Å²) in [6.45, 7) is 0. The maximum atomic E-state index is 5.02. The number of allylic oxidation sites excluding steroid dienone is 2. The molecule has 0 saturated carbocycles. The van der Waals surface area contributed by atoms with Gasteiger partial charge < -0.3 is 0 Å². The first-order valence-electron chi connectivity index (χ1n) is 2.15. The lowest BCUT2D eigenvalue weighted by molar-refractivity contribution is 1.41. The molecule has 0 aliphatic heterocycles. The number of hydrogen-bond acceptors (Lipinski definition) is 2. The van der Waals surface area contributed by atoms with Gasteiger partial charge in [-0.1, -0.05) is 5.92 Å². The lowest BCUT2D eigenvalue weighted by atomic mass is 10.5. The van der Waals surface area contributed by atoms with E-state index in [0.29, 0.717) is 0 Å². The van der Waals surface area contributed by atoms with Crippen LogP contribution >= 0.6 is 12.2 Å². The number of nitrogens with zero attached hydrogens (tertiary/aromatic N) is 1. The zero-order valence-electron chi connectivity index (χ0n) is 4.14. The van der Waals surface area contributed by atoms with Crippen LogP contribution in [-0.2, 0) is 0 Å². The SMILES string of the molecule is C#CC1=C(N=C=S)C1. The molecule has 1 nitrogen and oxygen atoms in total. The van der Waals surface area contributed by atoms with Gasteiger partial charge in [0.05, 0.1) is 10.9 Å². The number of thiocarbonyl (C=S) groups is 1. The summed E-state index contributed by atoms with van der Waals surface area (Å²) in [5, 5.41) is 2.25. The molecular weight excluding hydrogens is 118 g/mol. The molecule has 2 heteroatoms. The minimum Gasteiger partial charge on any atom is -0.198 e. The van der Waals surface area contributed by atoms with Crippen molar-refractivity contribution < 1.29 is 0 Å². The summed E-state index contributed by atoms with van der Waals surface area (Å²) in [7, 11) is 0. The molecule has 0 atom stereocenters. The molecule has 1 aliphatic carbocycles. The summed E-state index contributed by atoms with van der Waals surface area (Å²) < 4.78 is 0. The molecule has 0 spiro atoms. The molecule has 1 aliphatic rings. The van der Waals surface area contributed by atoms with Crippen LogP contribution in [0.5, 0.6) is 0 Å². The second-order valence-corrected chi connectivity index (χ2v) is 1.63. The molecule has 0 amide bonds. The van der Waals surface area contributed by atoms with E-state index in [1.807, 2.05) is 0 Å². The predicted octanol–water partition coefficient (Wildman–Crippen LogP) is 1.38. The molecule has 0 radical (unpaired) electrons. The molecule has 0 fully saturated rings. The van der Waals surface area contributed by atoms with Crippen molar-refractivity contribution in [3.8, 4) is 12.3 Å². The minimum absolute atomic E-state index is 0.833. The van der Waals surface area contributed by atoms with Crippen LogP contribution in [0, 0.1) is 12.3 Å². The Hall–Kier alpha value is -0.900. The van der Waals surface area contributed by atoms with Gasteiger partial charge >= 0.3 is 0 Å². The van der Waals surface area contributed by atoms with E-state index in [9.17, 15) is 0 Å². The summed E-state index contributed by atoms with van der Waals surface area (Å²) in [6, 6.07) is 0. The van der Waals surface area contributed by atoms with Gasteiger partial charge in [-0.15, -0.1) is 6.42 Å². The molecule has 0 aromatic heterocycles. The highest BCUT2D eigenvalue weighted by molar-refractivity contribution is 7.78. The van der Waals surface area contributed by atoms with Gasteiger partial charge in [0, 0.05) is 12.0 Å². The summed E-state index contributed by atoms with van der Waals surface area (Å²) >= 11 is 4.35. The summed E-state index contributed by atoms with van der Waals surface area (Å²) in [5.41, 5.74) is 1.88. The third-order valence-corrected chi connectivity index (χ3v) is 1.01. The summed E-state index contributed by atoms with van der Waals surface area (Å²) in [5.74, 6) is 2.47. The Morgan fingerprint density at radius 3 is 2.88 bits per heavy atom. The molecule has 0 aromatic carbocycles. The first-order valence-corrected chi connectivity index (χ1v) is 2.56. The lowest BCUT2D eigenvalue weighted by Gasteiger charge is -1.58. The number of isothiocyanates is 1. The maximum Gasteiger partial charge on any atom is 0.0683 e. The van der Waals surface area contributed by atoms with Gasteiger partial charge in [-0.25, -0.2) is 0 Å². The second kappa shape index (κ2) is 1.92. The molecule has 38 valence electrons. The van der Waals surface area contributed by atoms with Gasteiger partial charge in [0.1, 0.15) is 0 Å². The van der Waals surface area contributed by atoms with Crippen LogP contribution in [0.25, 0.3) is 0 Å². The van der Waals surface area contributed by atoms with E-state index in [2.05, 4.69) is 28.3 Å². The van der Waals surface area contributed by atoms with Crippen molar-refractivity contribution in [2.24, 2.45) is 4.99 Å². The average Bonchev–Trinajstić information content (AvgIpc) is 2.48. The highest BCUT2D eigenvalue weighted by Gasteiger charge is 2.17. The third-order valence-electron chi connectivity index (χ3n) is 0.922. The van der Waals surface area contributed by atoms with Gasteiger partial charge in [-0.3, -0.25) is 0 Å². The number of aliphatic imine (C=N–C) groups is 1. The van der Waals surface area contributed by atoms with Crippen LogP contribution in [0.3, 0.4) is 0 Å². The van der Waals surface area contributed by atoms with Crippen LogP contribution in [0.2, 0.25) is 0 Å². The van der Waals surface area contributed by atoms with Crippen LogP contribution in [0.1, 0.15) is 6.42 Å². The molecule has 0 saturated heterocycles. The van der Waals surface area contributed by atoms with Crippen molar-refractivity contribution in [2.45, 2.75) is 6.42 Å². The molecule has 0 unspecified atom stereocenters. The zero-order chi connectivity index (χ0) is 5.98. The van der Waals surface area contributed by atoms with Crippen molar-refractivity contribution in [3.05, 3.63) is 11.3 Å². The van der Waals surface area contributed by atoms with E-state index in [1.54, 1.807) is 0 Å². The molecule has 1 rings (SSSR count). The molecule has 8 heavy (non-hydrogen) atoms. The Labute approximate surface area is 53.1 Å². The molecular formula is C6H3NS. The van der Waals surface area contributed by atoms with E-state index in [1.165, 1.54) is 0 Å². The van der Waals surface area contributed by atoms with Gasteiger partial charge in [-0.2, -0.15) is 4.99 Å². The van der Waals surface area contributed by atoms with E-state index in [0.717, 1.165) is 17.7 Å². The van der Waals surface area contributed by atoms with E-state index in [4.69, 9.17) is 6.42 Å². The fourth-order valence-electron chi connectivity index (χ4n) is 0.420. The average molecular weight is 121 g/mol. The quantitative estimate of drug-likeness (QED) is 0.290. The third kappa shape index (κ3) is 0.840. The number of hydrogen-bond donors (Lipinski definition) is 0. The first kappa shape index (κ1) is 5.24. The fraction of sp³-hybridized carbons (Fsp3) is 0.167. The molecule has 0 heterocycles. The smallest absolute Gasteiger partial charge is 0.0683 e. The van der Waals surface area contributed by atoms with Crippen molar-refractivity contribution in [2.75, 3.05) is 0 Å². The van der Waals surface area contributed by atoms with E-state index in [-0.39, 0.29) is 0 Å². The van der Waals surface area contributed by atoms with Crippen molar-refractivity contribution in [1.82, 2.24) is 0 Å². The van der Waals surface area contributed by atoms with Crippen molar-refractivity contribution in [3.63, 3.8) is 0 Å². The monoisotopic (exact) mass is 121 g/mol. The van der Waals surface area contributed by atoms with Crippen molar-refractivity contribution >= 4 is 17.4 Å². The zero-order valence-corrected chi connectivity index (χ0v) is 4.96. The molecule has 0 bridgehead atoms. The highest BCUT2D eigenvalue weighted by atomic mass is 32.1. The highest BCUT2D eigenvalue weighted by Crippen LogP contribution is 2.29. The van der Waals surface area contributed by atoms with Gasteiger partial charge in [0.2, 0.25) is 0 Å². The van der Waals surface area contributed by atoms with E-state index < -0.39 is 0 Å². The second-order valence-electron chi connectivity index (χ2n) is 1.45. The largest absolute Gasteiger partial charge is 0.198 e. The van der Waals surface area contributed by atoms with Gasteiger partial charge in [0.25, 0.3) is 0 Å². The topological polar surface area (TPSA) is 12.4 Å². The normalized spacial score (nSPS) is 14.4. The molecule has 0 N–H and O–H groups in total. The standard InChI is InChI=1S/C6H3NS/c1-2-5-3-6(5)7-4-8/h1H,3H2. The van der Waals surface area contributed by atoms with Crippen LogP contribution in [-0.4, -0.2) is 5.16 Å². The predicted molar refractivity (Wildman–Crippen MR) is 35.5 cm³/mol. The Morgan fingerprint density at radius 1 is 1.75 bits per heavy atom. The summed E-state index contributed by atoms with van der Waals surface area (Å²) in [4.78, 5) is 3.69. The van der Waals surface area contributed by atoms with Crippen LogP contribution < -0.4 is 0 Å². The Balaban J connectivity index is 2.71. The van der Waals surface area contributed by atoms with Crippen LogP contribution in [0.15, 0.2) is 16.3 Å². The summed E-state index contributed by atoms with van der Waals surface area (Å²) in [6.07, 6.45) is 5.86.